The molecule has 0 aliphatic rings. The number of nitrogens with zero attached hydrogens (tertiary/aromatic N) is 2. The Morgan fingerprint density at radius 1 is 1.00 bits per heavy atom. The van der Waals surface area contributed by atoms with Gasteiger partial charge in [-0.1, -0.05) is 48.6 Å². The first-order chi connectivity index (χ1) is 8.79. The molecule has 2 nitrogen and oxygen atoms in total. The molecule has 18 heavy (non-hydrogen) atoms. The van der Waals surface area contributed by atoms with E-state index in [0.29, 0.717) is 0 Å². The zero-order valence-corrected chi connectivity index (χ0v) is 10.3. The Hall–Kier alpha value is -2.44. The van der Waals surface area contributed by atoms with Gasteiger partial charge in [-0.15, -0.1) is 0 Å². The van der Waals surface area contributed by atoms with Gasteiger partial charge in [-0.05, 0) is 25.1 Å². The molecule has 0 atom stereocenters. The first-order valence-electron chi connectivity index (χ1n) is 5.74. The molecule has 0 amide bonds. The second-order valence-electron chi connectivity index (χ2n) is 3.92. The first-order valence-corrected chi connectivity index (χ1v) is 5.74. The number of hydrogen-bond donors (Lipinski definition) is 0. The van der Waals surface area contributed by atoms with Gasteiger partial charge < -0.3 is 0 Å². The highest BCUT2D eigenvalue weighted by atomic mass is 14.8. The molecule has 0 fully saturated rings. The summed E-state index contributed by atoms with van der Waals surface area (Å²) >= 11 is 0. The number of hydrogen-bond acceptors (Lipinski definition) is 2. The van der Waals surface area contributed by atoms with Crippen molar-refractivity contribution in [3.05, 3.63) is 66.2 Å². The maximum atomic E-state index is 4.21. The van der Waals surface area contributed by atoms with Crippen LogP contribution in [0.5, 0.6) is 0 Å². The predicted octanol–water partition coefficient (Wildman–Crippen LogP) is 4.78. The van der Waals surface area contributed by atoms with E-state index in [9.17, 15) is 0 Å². The van der Waals surface area contributed by atoms with E-state index in [1.165, 1.54) is 5.56 Å². The fraction of sp³-hybridized carbons (Fsp3) is 0.0625. The van der Waals surface area contributed by atoms with Crippen LogP contribution >= 0.6 is 0 Å². The van der Waals surface area contributed by atoms with Gasteiger partial charge >= 0.3 is 0 Å². The van der Waals surface area contributed by atoms with Crippen molar-refractivity contribution in [3.8, 4) is 0 Å². The van der Waals surface area contributed by atoms with Gasteiger partial charge in [0.25, 0.3) is 0 Å². The van der Waals surface area contributed by atoms with Gasteiger partial charge in [-0.25, -0.2) is 0 Å². The lowest BCUT2D eigenvalue weighted by molar-refractivity contribution is 1.43. The van der Waals surface area contributed by atoms with Crippen LogP contribution in [0.3, 0.4) is 0 Å². The zero-order chi connectivity index (χ0) is 12.8. The molecule has 0 saturated carbocycles. The second-order valence-corrected chi connectivity index (χ2v) is 3.92. The molecule has 0 radical (unpaired) electrons. The van der Waals surface area contributed by atoms with Gasteiger partial charge in [0, 0.05) is 5.56 Å². The summed E-state index contributed by atoms with van der Waals surface area (Å²) in [4.78, 5) is 8.37. The lowest BCUT2D eigenvalue weighted by Gasteiger charge is -1.96. The molecule has 0 aromatic heterocycles. The number of rotatable bonds is 3. The minimum absolute atomic E-state index is 0.823. The SMILES string of the molecule is C=Cc1ccccc1N=C=Nc1ccc(C)cc1. The van der Waals surface area contributed by atoms with Crippen molar-refractivity contribution in [1.82, 2.24) is 0 Å². The highest BCUT2D eigenvalue weighted by Gasteiger charge is 1.93. The highest BCUT2D eigenvalue weighted by Crippen LogP contribution is 2.19. The Kier molecular flexibility index (Phi) is 3.85. The van der Waals surface area contributed by atoms with Crippen LogP contribution < -0.4 is 0 Å². The van der Waals surface area contributed by atoms with Crippen molar-refractivity contribution in [1.29, 1.82) is 0 Å². The van der Waals surface area contributed by atoms with Crippen LogP contribution in [0, 0.1) is 6.92 Å². The summed E-state index contributed by atoms with van der Waals surface area (Å²) in [7, 11) is 0. The highest BCUT2D eigenvalue weighted by molar-refractivity contribution is 5.67. The lowest BCUT2D eigenvalue weighted by atomic mass is 10.2. The third kappa shape index (κ3) is 3.03. The van der Waals surface area contributed by atoms with Crippen LogP contribution in [-0.4, -0.2) is 6.01 Å². The molecular weight excluding hydrogens is 220 g/mol. The smallest absolute Gasteiger partial charge is 0.100 e. The van der Waals surface area contributed by atoms with E-state index in [-0.39, 0.29) is 0 Å². The Morgan fingerprint density at radius 2 is 1.72 bits per heavy atom. The molecule has 0 saturated heterocycles. The van der Waals surface area contributed by atoms with E-state index in [4.69, 9.17) is 0 Å². The molecule has 0 heterocycles. The topological polar surface area (TPSA) is 24.7 Å². The molecular formula is C16H14N2. The van der Waals surface area contributed by atoms with Gasteiger partial charge in [-0.2, -0.15) is 9.98 Å². The lowest BCUT2D eigenvalue weighted by Crippen LogP contribution is -1.72. The summed E-state index contributed by atoms with van der Waals surface area (Å²) in [5, 5.41) is 0. The quantitative estimate of drug-likeness (QED) is 0.683. The summed E-state index contributed by atoms with van der Waals surface area (Å²) in [6, 6.07) is 18.4. The summed E-state index contributed by atoms with van der Waals surface area (Å²) in [6.07, 6.45) is 1.77. The average molecular weight is 234 g/mol. The zero-order valence-electron chi connectivity index (χ0n) is 10.3. The minimum atomic E-state index is 0.823. The Balaban J connectivity index is 2.25. The summed E-state index contributed by atoms with van der Waals surface area (Å²) < 4.78 is 0. The van der Waals surface area contributed by atoms with Crippen LogP contribution in [0.25, 0.3) is 6.08 Å². The molecule has 2 aromatic carbocycles. The van der Waals surface area contributed by atoms with E-state index in [0.717, 1.165) is 16.9 Å². The Morgan fingerprint density at radius 3 is 2.44 bits per heavy atom. The molecule has 0 N–H and O–H groups in total. The van der Waals surface area contributed by atoms with E-state index in [2.05, 4.69) is 22.6 Å². The Labute approximate surface area is 107 Å². The van der Waals surface area contributed by atoms with Gasteiger partial charge in [0.2, 0.25) is 0 Å². The number of benzene rings is 2. The summed E-state index contributed by atoms with van der Waals surface area (Å²) in [5.41, 5.74) is 3.86. The van der Waals surface area contributed by atoms with Crippen molar-refractivity contribution in [2.75, 3.05) is 0 Å². The standard InChI is InChI=1S/C16H14N2/c1-3-14-6-4-5-7-16(14)18-12-17-15-10-8-13(2)9-11-15/h3-11H,1H2,2H3. The summed E-state index contributed by atoms with van der Waals surface area (Å²) in [6.45, 7) is 5.79. The van der Waals surface area contributed by atoms with E-state index in [1.54, 1.807) is 6.08 Å². The number of para-hydroxylation sites is 1. The van der Waals surface area contributed by atoms with Crippen LogP contribution in [0.15, 0.2) is 65.1 Å². The van der Waals surface area contributed by atoms with Gasteiger partial charge in [0.1, 0.15) is 6.01 Å². The van der Waals surface area contributed by atoms with Crippen molar-refractivity contribution in [2.24, 2.45) is 9.98 Å². The normalized spacial score (nSPS) is 9.39. The third-order valence-electron chi connectivity index (χ3n) is 2.54. The summed E-state index contributed by atoms with van der Waals surface area (Å²) in [5.74, 6) is 0. The predicted molar refractivity (Wildman–Crippen MR) is 76.9 cm³/mol. The fourth-order valence-electron chi connectivity index (χ4n) is 1.52. The Bertz CT molecular complexity index is 603. The van der Waals surface area contributed by atoms with E-state index >= 15 is 0 Å². The maximum Gasteiger partial charge on any atom is 0.100 e. The van der Waals surface area contributed by atoms with Crippen LogP contribution in [-0.2, 0) is 0 Å². The molecule has 2 aromatic rings. The van der Waals surface area contributed by atoms with Crippen molar-refractivity contribution >= 4 is 23.5 Å². The van der Waals surface area contributed by atoms with Crippen LogP contribution in [0.1, 0.15) is 11.1 Å². The number of aryl methyl sites for hydroxylation is 1. The second kappa shape index (κ2) is 5.76. The molecule has 0 spiro atoms. The van der Waals surface area contributed by atoms with Gasteiger partial charge in [0.05, 0.1) is 11.4 Å². The molecule has 88 valence electrons. The minimum Gasteiger partial charge on any atom is -0.188 e. The molecule has 2 heteroatoms. The largest absolute Gasteiger partial charge is 0.188 e. The van der Waals surface area contributed by atoms with Crippen molar-refractivity contribution in [3.63, 3.8) is 0 Å². The maximum absolute atomic E-state index is 4.21. The first kappa shape index (κ1) is 12.0. The fourth-order valence-corrected chi connectivity index (χ4v) is 1.52. The van der Waals surface area contributed by atoms with Gasteiger partial charge in [-0.3, -0.25) is 0 Å². The van der Waals surface area contributed by atoms with E-state index < -0.39 is 0 Å². The monoisotopic (exact) mass is 234 g/mol. The average Bonchev–Trinajstić information content (AvgIpc) is 2.41. The van der Waals surface area contributed by atoms with Crippen LogP contribution in [0.2, 0.25) is 0 Å². The molecule has 0 bridgehead atoms. The molecule has 0 aliphatic carbocycles. The molecule has 2 rings (SSSR count). The third-order valence-corrected chi connectivity index (χ3v) is 2.54. The molecule has 0 aliphatic heterocycles. The van der Waals surface area contributed by atoms with Gasteiger partial charge in [0.15, 0.2) is 0 Å². The van der Waals surface area contributed by atoms with Crippen LogP contribution in [0.4, 0.5) is 11.4 Å². The number of aliphatic imine (C=N–C) groups is 2. The van der Waals surface area contributed by atoms with Crippen molar-refractivity contribution < 1.29 is 0 Å². The van der Waals surface area contributed by atoms with Crippen molar-refractivity contribution in [2.45, 2.75) is 6.92 Å². The molecule has 0 unspecified atom stereocenters. The van der Waals surface area contributed by atoms with E-state index in [1.807, 2.05) is 55.5 Å².